The van der Waals surface area contributed by atoms with Crippen molar-refractivity contribution in [3.8, 4) is 0 Å². The summed E-state index contributed by atoms with van der Waals surface area (Å²) in [4.78, 5) is 21.6. The van der Waals surface area contributed by atoms with Gasteiger partial charge in [0.05, 0.1) is 4.92 Å². The molecule has 0 heterocycles. The molecular formula is C12H17N3O3. The number of nitrogens with zero attached hydrogens (tertiary/aromatic N) is 1. The number of amides is 1. The van der Waals surface area contributed by atoms with Gasteiger partial charge in [0.1, 0.15) is 0 Å². The molecule has 0 aromatic heterocycles. The normalized spacial score (nSPS) is 11.1. The van der Waals surface area contributed by atoms with E-state index in [2.05, 4.69) is 5.32 Å². The lowest BCUT2D eigenvalue weighted by molar-refractivity contribution is -0.384. The fraction of sp³-hybridized carbons (Fsp3) is 0.417. The van der Waals surface area contributed by atoms with Gasteiger partial charge in [0.2, 0.25) is 5.91 Å². The number of carbonyl (C=O) groups is 1. The zero-order valence-corrected chi connectivity index (χ0v) is 10.5. The fourth-order valence-corrected chi connectivity index (χ4v) is 1.46. The molecule has 1 rings (SSSR count). The number of nitrogens with one attached hydrogen (secondary N) is 1. The quantitative estimate of drug-likeness (QED) is 0.609. The minimum Gasteiger partial charge on any atom is -0.352 e. The van der Waals surface area contributed by atoms with E-state index in [1.54, 1.807) is 26.0 Å². The summed E-state index contributed by atoms with van der Waals surface area (Å²) in [6.07, 6.45) is 0.210. The molecule has 1 aromatic carbocycles. The van der Waals surface area contributed by atoms with Crippen LogP contribution in [0.4, 0.5) is 5.69 Å². The third kappa shape index (κ3) is 4.92. The van der Waals surface area contributed by atoms with Gasteiger partial charge in [-0.05, 0) is 19.4 Å². The molecule has 0 aliphatic heterocycles. The van der Waals surface area contributed by atoms with Gasteiger partial charge in [0, 0.05) is 30.6 Å². The van der Waals surface area contributed by atoms with Gasteiger partial charge in [-0.1, -0.05) is 12.1 Å². The number of carbonyl (C=O) groups excluding carboxylic acids is 1. The number of non-ortho nitro benzene ring substituents is 1. The van der Waals surface area contributed by atoms with Crippen LogP contribution < -0.4 is 11.1 Å². The van der Waals surface area contributed by atoms with Gasteiger partial charge < -0.3 is 11.1 Å². The van der Waals surface area contributed by atoms with Gasteiger partial charge in [-0.25, -0.2) is 0 Å². The molecule has 0 radical (unpaired) electrons. The lowest BCUT2D eigenvalue weighted by atomic mass is 10.0. The maximum absolute atomic E-state index is 11.5. The molecule has 1 amide bonds. The van der Waals surface area contributed by atoms with Gasteiger partial charge in [-0.3, -0.25) is 14.9 Å². The highest BCUT2D eigenvalue weighted by atomic mass is 16.6. The Bertz CT molecular complexity index is 452. The Morgan fingerprint density at radius 3 is 2.72 bits per heavy atom. The van der Waals surface area contributed by atoms with Gasteiger partial charge in [0.25, 0.3) is 5.69 Å². The number of nitrogens with two attached hydrogens (primary N) is 1. The lowest BCUT2D eigenvalue weighted by Gasteiger charge is -2.17. The molecule has 0 atom stereocenters. The van der Waals surface area contributed by atoms with Gasteiger partial charge in [0.15, 0.2) is 0 Å². The van der Waals surface area contributed by atoms with Crippen LogP contribution >= 0.6 is 0 Å². The summed E-state index contributed by atoms with van der Waals surface area (Å²) >= 11 is 0. The molecule has 1 aromatic rings. The minimum atomic E-state index is -0.563. The van der Waals surface area contributed by atoms with E-state index >= 15 is 0 Å². The number of hydrogen-bond acceptors (Lipinski definition) is 4. The van der Waals surface area contributed by atoms with Crippen LogP contribution in [0.25, 0.3) is 0 Å². The van der Waals surface area contributed by atoms with E-state index in [4.69, 9.17) is 5.73 Å². The molecule has 6 nitrogen and oxygen atoms in total. The smallest absolute Gasteiger partial charge is 0.269 e. The SMILES string of the molecule is CC(C)(N)CC(=O)NCc1cccc([N+](=O)[O-])c1. The number of nitro groups is 1. The van der Waals surface area contributed by atoms with Crippen molar-refractivity contribution < 1.29 is 9.72 Å². The van der Waals surface area contributed by atoms with Crippen molar-refractivity contribution in [2.75, 3.05) is 0 Å². The average molecular weight is 251 g/mol. The molecule has 0 spiro atoms. The Hall–Kier alpha value is -1.95. The Morgan fingerprint density at radius 2 is 2.17 bits per heavy atom. The Labute approximate surface area is 105 Å². The van der Waals surface area contributed by atoms with Crippen molar-refractivity contribution in [2.45, 2.75) is 32.4 Å². The first kappa shape index (κ1) is 14.1. The molecule has 0 aliphatic carbocycles. The summed E-state index contributed by atoms with van der Waals surface area (Å²) in [5, 5.41) is 13.3. The average Bonchev–Trinajstić information content (AvgIpc) is 2.24. The van der Waals surface area contributed by atoms with Crippen molar-refractivity contribution >= 4 is 11.6 Å². The minimum absolute atomic E-state index is 0.0147. The third-order valence-electron chi connectivity index (χ3n) is 2.23. The zero-order chi connectivity index (χ0) is 13.8. The van der Waals surface area contributed by atoms with Crippen LogP contribution in [0, 0.1) is 10.1 Å². The van der Waals surface area contributed by atoms with Crippen LogP contribution in [0.1, 0.15) is 25.8 Å². The van der Waals surface area contributed by atoms with Crippen LogP contribution in [0.15, 0.2) is 24.3 Å². The number of rotatable bonds is 5. The molecule has 0 unspecified atom stereocenters. The van der Waals surface area contributed by atoms with Gasteiger partial charge >= 0.3 is 0 Å². The van der Waals surface area contributed by atoms with Crippen molar-refractivity contribution in [2.24, 2.45) is 5.73 Å². The summed E-state index contributed by atoms with van der Waals surface area (Å²) in [5.74, 6) is -0.172. The maximum Gasteiger partial charge on any atom is 0.269 e. The molecule has 6 heteroatoms. The zero-order valence-electron chi connectivity index (χ0n) is 10.5. The van der Waals surface area contributed by atoms with E-state index in [1.807, 2.05) is 0 Å². The molecule has 3 N–H and O–H groups in total. The van der Waals surface area contributed by atoms with Gasteiger partial charge in [-0.2, -0.15) is 0 Å². The van der Waals surface area contributed by atoms with Crippen molar-refractivity contribution in [1.29, 1.82) is 0 Å². The van der Waals surface area contributed by atoms with Gasteiger partial charge in [-0.15, -0.1) is 0 Å². The second-order valence-corrected chi connectivity index (χ2v) is 4.87. The number of nitro benzene ring substituents is 1. The fourth-order valence-electron chi connectivity index (χ4n) is 1.46. The highest BCUT2D eigenvalue weighted by molar-refractivity contribution is 5.77. The second-order valence-electron chi connectivity index (χ2n) is 4.87. The Kier molecular flexibility index (Phi) is 4.38. The Balaban J connectivity index is 2.56. The van der Waals surface area contributed by atoms with E-state index in [1.165, 1.54) is 12.1 Å². The topological polar surface area (TPSA) is 98.3 Å². The lowest BCUT2D eigenvalue weighted by Crippen LogP contribution is -2.38. The largest absolute Gasteiger partial charge is 0.352 e. The van der Waals surface area contributed by atoms with E-state index in [-0.39, 0.29) is 24.6 Å². The van der Waals surface area contributed by atoms with E-state index in [0.717, 1.165) is 0 Å². The first-order valence-electron chi connectivity index (χ1n) is 5.57. The van der Waals surface area contributed by atoms with Crippen LogP contribution in [0.2, 0.25) is 0 Å². The van der Waals surface area contributed by atoms with E-state index in [9.17, 15) is 14.9 Å². The standard InChI is InChI=1S/C12H17N3O3/c1-12(2,13)7-11(16)14-8-9-4-3-5-10(6-9)15(17)18/h3-6H,7-8,13H2,1-2H3,(H,14,16). The summed E-state index contributed by atoms with van der Waals surface area (Å²) in [6, 6.07) is 6.16. The summed E-state index contributed by atoms with van der Waals surface area (Å²) < 4.78 is 0. The molecule has 0 saturated carbocycles. The van der Waals surface area contributed by atoms with Crippen LogP contribution in [0.5, 0.6) is 0 Å². The molecule has 0 aliphatic rings. The van der Waals surface area contributed by atoms with Crippen LogP contribution in [-0.4, -0.2) is 16.4 Å². The van der Waals surface area contributed by atoms with Crippen LogP contribution in [-0.2, 0) is 11.3 Å². The monoisotopic (exact) mass is 251 g/mol. The number of benzene rings is 1. The first-order chi connectivity index (χ1) is 8.28. The third-order valence-corrected chi connectivity index (χ3v) is 2.23. The molecule has 0 bridgehead atoms. The second kappa shape index (κ2) is 5.59. The molecule has 98 valence electrons. The van der Waals surface area contributed by atoms with E-state index in [0.29, 0.717) is 5.56 Å². The summed E-state index contributed by atoms with van der Waals surface area (Å²) in [5.41, 5.74) is 5.86. The maximum atomic E-state index is 11.5. The predicted molar refractivity (Wildman–Crippen MR) is 67.8 cm³/mol. The highest BCUT2D eigenvalue weighted by Crippen LogP contribution is 2.13. The Morgan fingerprint density at radius 1 is 1.50 bits per heavy atom. The molecule has 0 saturated heterocycles. The molecular weight excluding hydrogens is 234 g/mol. The molecule has 0 fully saturated rings. The predicted octanol–water partition coefficient (Wildman–Crippen LogP) is 1.34. The van der Waals surface area contributed by atoms with Crippen molar-refractivity contribution in [3.05, 3.63) is 39.9 Å². The molecule has 18 heavy (non-hydrogen) atoms. The van der Waals surface area contributed by atoms with Crippen molar-refractivity contribution in [3.63, 3.8) is 0 Å². The van der Waals surface area contributed by atoms with Crippen molar-refractivity contribution in [1.82, 2.24) is 5.32 Å². The van der Waals surface area contributed by atoms with E-state index < -0.39 is 10.5 Å². The first-order valence-corrected chi connectivity index (χ1v) is 5.57. The highest BCUT2D eigenvalue weighted by Gasteiger charge is 2.16. The summed E-state index contributed by atoms with van der Waals surface area (Å²) in [7, 11) is 0. The summed E-state index contributed by atoms with van der Waals surface area (Å²) in [6.45, 7) is 3.79. The van der Waals surface area contributed by atoms with Crippen LogP contribution in [0.3, 0.4) is 0 Å². The number of hydrogen-bond donors (Lipinski definition) is 2.